The minimum atomic E-state index is 0.578. The number of hydrogen-bond acceptors (Lipinski definition) is 7. The molecule has 0 saturated carbocycles. The molecule has 0 spiro atoms. The van der Waals surface area contributed by atoms with Gasteiger partial charge in [-0.3, -0.25) is 0 Å². The van der Waals surface area contributed by atoms with Crippen LogP contribution in [0.15, 0.2) is 53.1 Å². The topological polar surface area (TPSA) is 69.5 Å². The lowest BCUT2D eigenvalue weighted by atomic mass is 10.2. The van der Waals surface area contributed by atoms with Gasteiger partial charge in [0.15, 0.2) is 0 Å². The highest BCUT2D eigenvalue weighted by atomic mass is 16.3. The van der Waals surface area contributed by atoms with Crippen LogP contribution in [0.1, 0.15) is 11.5 Å². The fraction of sp³-hybridized carbons (Fsp3) is 0.333. The van der Waals surface area contributed by atoms with Crippen LogP contribution in [0.25, 0.3) is 0 Å². The van der Waals surface area contributed by atoms with Crippen LogP contribution in [-0.4, -0.2) is 48.1 Å². The van der Waals surface area contributed by atoms with E-state index >= 15 is 0 Å². The summed E-state index contributed by atoms with van der Waals surface area (Å²) >= 11 is 0. The normalized spacial score (nSPS) is 14.9. The van der Waals surface area contributed by atoms with Crippen molar-refractivity contribution in [2.45, 2.75) is 13.5 Å². The van der Waals surface area contributed by atoms with Crippen molar-refractivity contribution in [2.24, 2.45) is 0 Å². The van der Waals surface area contributed by atoms with Gasteiger partial charge in [0, 0.05) is 49.3 Å². The summed E-state index contributed by atoms with van der Waals surface area (Å²) in [5, 5.41) is 6.58. The maximum Gasteiger partial charge on any atom is 0.229 e. The lowest BCUT2D eigenvalue weighted by Crippen LogP contribution is -2.44. The number of piperazine rings is 1. The van der Waals surface area contributed by atoms with E-state index in [1.165, 1.54) is 5.69 Å². The number of likely N-dealkylation sites (N-methyl/N-ethyl adjacent to an activating group) is 1. The van der Waals surface area contributed by atoms with Gasteiger partial charge in [-0.2, -0.15) is 4.98 Å². The summed E-state index contributed by atoms with van der Waals surface area (Å²) < 4.78 is 5.35. The van der Waals surface area contributed by atoms with Gasteiger partial charge in [0.05, 0.1) is 12.8 Å². The van der Waals surface area contributed by atoms with Crippen LogP contribution in [0.4, 0.5) is 23.1 Å². The Bertz CT molecular complexity index is 886. The molecule has 0 unspecified atom stereocenters. The van der Waals surface area contributed by atoms with Crippen LogP contribution in [0, 0.1) is 6.92 Å². The van der Waals surface area contributed by atoms with Crippen molar-refractivity contribution in [1.29, 1.82) is 0 Å². The first-order valence-corrected chi connectivity index (χ1v) is 9.58. The summed E-state index contributed by atoms with van der Waals surface area (Å²) in [5.74, 6) is 2.21. The van der Waals surface area contributed by atoms with Crippen molar-refractivity contribution < 1.29 is 4.42 Å². The number of aryl methyl sites for hydroxylation is 1. The first kappa shape index (κ1) is 18.3. The lowest BCUT2D eigenvalue weighted by Gasteiger charge is -2.34. The zero-order valence-corrected chi connectivity index (χ0v) is 16.4. The number of rotatable bonds is 6. The molecule has 0 amide bonds. The standard InChI is InChI=1S/C21H26N6O/c1-16-14-20(22-15-19-4-3-13-28-19)25-21(23-16)24-17-5-7-18(8-6-17)27-11-9-26(2)10-12-27/h3-8,13-14H,9-12,15H2,1-2H3,(H2,22,23,24,25). The van der Waals surface area contributed by atoms with Crippen LogP contribution < -0.4 is 15.5 Å². The largest absolute Gasteiger partial charge is 0.467 e. The van der Waals surface area contributed by atoms with Gasteiger partial charge in [-0.05, 0) is 50.4 Å². The fourth-order valence-corrected chi connectivity index (χ4v) is 3.26. The van der Waals surface area contributed by atoms with Gasteiger partial charge < -0.3 is 24.9 Å². The zero-order valence-electron chi connectivity index (χ0n) is 16.4. The molecule has 0 atom stereocenters. The van der Waals surface area contributed by atoms with Crippen LogP contribution in [-0.2, 0) is 6.54 Å². The zero-order chi connectivity index (χ0) is 19.3. The molecule has 0 radical (unpaired) electrons. The number of nitrogens with zero attached hydrogens (tertiary/aromatic N) is 4. The number of aromatic nitrogens is 2. The third-order valence-corrected chi connectivity index (χ3v) is 4.87. The lowest BCUT2D eigenvalue weighted by molar-refractivity contribution is 0.313. The minimum absolute atomic E-state index is 0.578. The molecule has 0 aliphatic carbocycles. The van der Waals surface area contributed by atoms with E-state index in [1.54, 1.807) is 6.26 Å². The molecule has 2 aromatic heterocycles. The van der Waals surface area contributed by atoms with Gasteiger partial charge in [-0.1, -0.05) is 0 Å². The molecule has 7 nitrogen and oxygen atoms in total. The number of hydrogen-bond donors (Lipinski definition) is 2. The molecule has 146 valence electrons. The maximum atomic E-state index is 5.35. The molecule has 7 heteroatoms. The van der Waals surface area contributed by atoms with Crippen molar-refractivity contribution in [3.05, 3.63) is 60.2 Å². The average molecular weight is 378 g/mol. The highest BCUT2D eigenvalue weighted by Crippen LogP contribution is 2.22. The van der Waals surface area contributed by atoms with Crippen LogP contribution in [0.5, 0.6) is 0 Å². The summed E-state index contributed by atoms with van der Waals surface area (Å²) in [5.41, 5.74) is 3.12. The van der Waals surface area contributed by atoms with Gasteiger partial charge in [-0.25, -0.2) is 4.98 Å². The van der Waals surface area contributed by atoms with Crippen LogP contribution in [0.2, 0.25) is 0 Å². The minimum Gasteiger partial charge on any atom is -0.467 e. The third kappa shape index (κ3) is 4.61. The van der Waals surface area contributed by atoms with Crippen molar-refractivity contribution in [3.63, 3.8) is 0 Å². The van der Waals surface area contributed by atoms with Gasteiger partial charge >= 0.3 is 0 Å². The Morgan fingerprint density at radius 1 is 1.04 bits per heavy atom. The second kappa shape index (κ2) is 8.31. The summed E-state index contributed by atoms with van der Waals surface area (Å²) in [7, 11) is 2.17. The van der Waals surface area contributed by atoms with Crippen molar-refractivity contribution in [2.75, 3.05) is 48.8 Å². The molecular weight excluding hydrogens is 352 g/mol. The highest BCUT2D eigenvalue weighted by molar-refractivity contribution is 5.60. The molecule has 1 aromatic carbocycles. The number of anilines is 4. The molecule has 28 heavy (non-hydrogen) atoms. The van der Waals surface area contributed by atoms with Gasteiger partial charge in [0.2, 0.25) is 5.95 Å². The second-order valence-electron chi connectivity index (χ2n) is 7.11. The fourth-order valence-electron chi connectivity index (χ4n) is 3.26. The second-order valence-corrected chi connectivity index (χ2v) is 7.11. The quantitative estimate of drug-likeness (QED) is 0.680. The van der Waals surface area contributed by atoms with Crippen LogP contribution in [0.3, 0.4) is 0 Å². The average Bonchev–Trinajstić information content (AvgIpc) is 3.21. The first-order chi connectivity index (χ1) is 13.7. The Morgan fingerprint density at radius 3 is 2.54 bits per heavy atom. The highest BCUT2D eigenvalue weighted by Gasteiger charge is 2.14. The monoisotopic (exact) mass is 378 g/mol. The van der Waals surface area contributed by atoms with E-state index in [2.05, 4.69) is 61.7 Å². The first-order valence-electron chi connectivity index (χ1n) is 9.58. The van der Waals surface area contributed by atoms with Crippen molar-refractivity contribution in [3.8, 4) is 0 Å². The molecule has 1 aliphatic rings. The van der Waals surface area contributed by atoms with Gasteiger partial charge in [-0.15, -0.1) is 0 Å². The molecule has 1 saturated heterocycles. The summed E-state index contributed by atoms with van der Waals surface area (Å²) in [6, 6.07) is 14.2. The van der Waals surface area contributed by atoms with E-state index in [1.807, 2.05) is 25.1 Å². The molecular formula is C21H26N6O. The molecule has 3 aromatic rings. The smallest absolute Gasteiger partial charge is 0.229 e. The molecule has 0 bridgehead atoms. The SMILES string of the molecule is Cc1cc(NCc2ccco2)nc(Nc2ccc(N3CCN(C)CC3)cc2)n1. The van der Waals surface area contributed by atoms with E-state index in [9.17, 15) is 0 Å². The predicted molar refractivity (Wildman–Crippen MR) is 112 cm³/mol. The summed E-state index contributed by atoms with van der Waals surface area (Å²) in [6.07, 6.45) is 1.67. The van der Waals surface area contributed by atoms with E-state index in [0.29, 0.717) is 12.5 Å². The molecule has 1 aliphatic heterocycles. The Kier molecular flexibility index (Phi) is 5.43. The molecule has 3 heterocycles. The Hall–Kier alpha value is -3.06. The van der Waals surface area contributed by atoms with E-state index in [4.69, 9.17) is 4.42 Å². The van der Waals surface area contributed by atoms with Crippen molar-refractivity contribution >= 4 is 23.1 Å². The number of benzene rings is 1. The Balaban J connectivity index is 1.40. The number of furan rings is 1. The molecule has 4 rings (SSSR count). The van der Waals surface area contributed by atoms with E-state index in [0.717, 1.165) is 49.1 Å². The summed E-state index contributed by atoms with van der Waals surface area (Å²) in [6.45, 7) is 6.88. The number of nitrogens with one attached hydrogen (secondary N) is 2. The van der Waals surface area contributed by atoms with Gasteiger partial charge in [0.25, 0.3) is 0 Å². The molecule has 2 N–H and O–H groups in total. The summed E-state index contributed by atoms with van der Waals surface area (Å²) in [4.78, 5) is 13.8. The van der Waals surface area contributed by atoms with Gasteiger partial charge in [0.1, 0.15) is 11.6 Å². The van der Waals surface area contributed by atoms with E-state index in [-0.39, 0.29) is 0 Å². The van der Waals surface area contributed by atoms with Crippen molar-refractivity contribution in [1.82, 2.24) is 14.9 Å². The Morgan fingerprint density at radius 2 is 1.82 bits per heavy atom. The third-order valence-electron chi connectivity index (χ3n) is 4.87. The maximum absolute atomic E-state index is 5.35. The van der Waals surface area contributed by atoms with E-state index < -0.39 is 0 Å². The predicted octanol–water partition coefficient (Wildman–Crippen LogP) is 3.49. The van der Waals surface area contributed by atoms with Crippen LogP contribution >= 0.6 is 0 Å². The molecule has 1 fully saturated rings. The Labute approximate surface area is 165 Å².